The zero-order valence-corrected chi connectivity index (χ0v) is 14.5. The molecule has 0 radical (unpaired) electrons. The van der Waals surface area contributed by atoms with Crippen LogP contribution >= 0.6 is 15.9 Å². The summed E-state index contributed by atoms with van der Waals surface area (Å²) in [6, 6.07) is 6.94. The highest BCUT2D eigenvalue weighted by Gasteiger charge is 2.13. The van der Waals surface area contributed by atoms with Gasteiger partial charge in [-0.3, -0.25) is 0 Å². The molecule has 2 nitrogen and oxygen atoms in total. The monoisotopic (exact) mass is 338 g/mol. The van der Waals surface area contributed by atoms with Gasteiger partial charge in [0.05, 0.1) is 0 Å². The van der Waals surface area contributed by atoms with E-state index >= 15 is 0 Å². The third-order valence-corrected chi connectivity index (χ3v) is 3.97. The van der Waals surface area contributed by atoms with E-state index in [0.717, 1.165) is 36.8 Å². The number of allylic oxidation sites excluding steroid dienone is 1. The summed E-state index contributed by atoms with van der Waals surface area (Å²) in [4.78, 5) is 2.34. The van der Waals surface area contributed by atoms with Gasteiger partial charge in [-0.15, -0.1) is 6.58 Å². The number of unbranched alkanes of at least 4 members (excludes halogenated alkanes) is 1. The fraction of sp³-hybridized carbons (Fsp3) is 0.529. The number of nitrogens with one attached hydrogen (secondary N) is 1. The van der Waals surface area contributed by atoms with Crippen LogP contribution in [0, 0.1) is 0 Å². The summed E-state index contributed by atoms with van der Waals surface area (Å²) in [5.41, 5.74) is 2.67. The number of hydrogen-bond donors (Lipinski definition) is 1. The van der Waals surface area contributed by atoms with Gasteiger partial charge in [0, 0.05) is 29.8 Å². The van der Waals surface area contributed by atoms with E-state index in [0.29, 0.717) is 6.04 Å². The molecule has 0 aliphatic carbocycles. The molecule has 0 spiro atoms. The highest BCUT2D eigenvalue weighted by atomic mass is 79.9. The van der Waals surface area contributed by atoms with E-state index in [1.54, 1.807) is 0 Å². The second-order valence-electron chi connectivity index (χ2n) is 5.23. The molecule has 0 aliphatic rings. The third-order valence-electron chi connectivity index (χ3n) is 3.47. The zero-order valence-electron chi connectivity index (χ0n) is 13.0. The fourth-order valence-electron chi connectivity index (χ4n) is 2.28. The first-order chi connectivity index (χ1) is 9.60. The van der Waals surface area contributed by atoms with Crippen LogP contribution in [0.1, 0.15) is 44.7 Å². The molecular weight excluding hydrogens is 312 g/mol. The molecule has 0 amide bonds. The van der Waals surface area contributed by atoms with Gasteiger partial charge in [0.2, 0.25) is 0 Å². The van der Waals surface area contributed by atoms with Gasteiger partial charge >= 0.3 is 0 Å². The number of anilines is 1. The predicted molar refractivity (Wildman–Crippen MR) is 93.6 cm³/mol. The Kier molecular flexibility index (Phi) is 7.93. The van der Waals surface area contributed by atoms with Crippen LogP contribution in [0.25, 0.3) is 0 Å². The van der Waals surface area contributed by atoms with Crippen LogP contribution in [0.5, 0.6) is 0 Å². The molecule has 0 heterocycles. The van der Waals surface area contributed by atoms with Crippen molar-refractivity contribution in [3.63, 3.8) is 0 Å². The Morgan fingerprint density at radius 2 is 2.20 bits per heavy atom. The summed E-state index contributed by atoms with van der Waals surface area (Å²) in [5, 5.41) is 3.57. The van der Waals surface area contributed by atoms with Crippen LogP contribution in [-0.2, 0) is 0 Å². The van der Waals surface area contributed by atoms with Crippen molar-refractivity contribution >= 4 is 21.6 Å². The molecule has 0 bridgehead atoms. The highest BCUT2D eigenvalue weighted by Crippen LogP contribution is 2.29. The lowest BCUT2D eigenvalue weighted by molar-refractivity contribution is 0.569. The number of benzene rings is 1. The van der Waals surface area contributed by atoms with Gasteiger partial charge < -0.3 is 10.2 Å². The summed E-state index contributed by atoms with van der Waals surface area (Å²) in [5.74, 6) is 0. The van der Waals surface area contributed by atoms with E-state index in [9.17, 15) is 0 Å². The Hall–Kier alpha value is -0.800. The van der Waals surface area contributed by atoms with Crippen LogP contribution in [0.3, 0.4) is 0 Å². The Morgan fingerprint density at radius 1 is 1.45 bits per heavy atom. The van der Waals surface area contributed by atoms with Crippen LogP contribution in [0.2, 0.25) is 0 Å². The molecule has 1 aromatic carbocycles. The van der Waals surface area contributed by atoms with Gasteiger partial charge in [-0.2, -0.15) is 0 Å². The minimum Gasteiger partial charge on any atom is -0.374 e. The minimum absolute atomic E-state index is 0.375. The average Bonchev–Trinajstić information content (AvgIpc) is 2.44. The molecule has 0 saturated heterocycles. The summed E-state index contributed by atoms with van der Waals surface area (Å²) in [6.45, 7) is 10.3. The Morgan fingerprint density at radius 3 is 2.85 bits per heavy atom. The van der Waals surface area contributed by atoms with Gasteiger partial charge in [0.25, 0.3) is 0 Å². The van der Waals surface area contributed by atoms with Gasteiger partial charge in [0.15, 0.2) is 0 Å². The molecule has 0 fully saturated rings. The maximum absolute atomic E-state index is 3.79. The molecular formula is C17H27BrN2. The van der Waals surface area contributed by atoms with Crippen LogP contribution in [0.15, 0.2) is 35.3 Å². The molecule has 112 valence electrons. The topological polar surface area (TPSA) is 15.3 Å². The summed E-state index contributed by atoms with van der Waals surface area (Å²) in [6.07, 6.45) is 5.35. The average molecular weight is 339 g/mol. The second-order valence-corrected chi connectivity index (χ2v) is 6.15. The summed E-state index contributed by atoms with van der Waals surface area (Å²) in [7, 11) is 2.17. The summed E-state index contributed by atoms with van der Waals surface area (Å²) >= 11 is 3.58. The molecule has 1 unspecified atom stereocenters. The first-order valence-corrected chi connectivity index (χ1v) is 8.24. The van der Waals surface area contributed by atoms with E-state index < -0.39 is 0 Å². The van der Waals surface area contributed by atoms with E-state index in [-0.39, 0.29) is 0 Å². The molecule has 1 aromatic rings. The minimum atomic E-state index is 0.375. The van der Waals surface area contributed by atoms with Gasteiger partial charge in [-0.25, -0.2) is 0 Å². The quantitative estimate of drug-likeness (QED) is 0.508. The molecule has 20 heavy (non-hydrogen) atoms. The maximum atomic E-state index is 3.79. The Balaban J connectivity index is 2.85. The molecule has 1 rings (SSSR count). The van der Waals surface area contributed by atoms with Crippen molar-refractivity contribution in [1.29, 1.82) is 0 Å². The van der Waals surface area contributed by atoms with Crippen LogP contribution in [-0.4, -0.2) is 20.1 Å². The van der Waals surface area contributed by atoms with E-state index in [2.05, 4.69) is 71.8 Å². The zero-order chi connectivity index (χ0) is 15.0. The fourth-order valence-corrected chi connectivity index (χ4v) is 2.63. The largest absolute Gasteiger partial charge is 0.374 e. The summed E-state index contributed by atoms with van der Waals surface area (Å²) < 4.78 is 1.13. The number of halogens is 1. The maximum Gasteiger partial charge on any atom is 0.0423 e. The molecule has 0 aromatic heterocycles. The lowest BCUT2D eigenvalue weighted by Crippen LogP contribution is -2.24. The van der Waals surface area contributed by atoms with Crippen molar-refractivity contribution in [2.75, 3.05) is 25.0 Å². The molecule has 3 heteroatoms. The van der Waals surface area contributed by atoms with Crippen molar-refractivity contribution in [2.24, 2.45) is 0 Å². The smallest absolute Gasteiger partial charge is 0.0423 e. The van der Waals surface area contributed by atoms with E-state index in [4.69, 9.17) is 0 Å². The van der Waals surface area contributed by atoms with Crippen molar-refractivity contribution in [3.8, 4) is 0 Å². The molecule has 1 N–H and O–H groups in total. The molecule has 0 saturated carbocycles. The normalized spacial score (nSPS) is 12.2. The number of nitrogens with zero attached hydrogens (tertiary/aromatic N) is 1. The lowest BCUT2D eigenvalue weighted by atomic mass is 10.0. The lowest BCUT2D eigenvalue weighted by Gasteiger charge is -2.26. The standard InChI is InChI=1S/C17H27BrN2/c1-5-7-8-12-20(4)17-13-15(18)9-10-16(17)14(3)19-11-6-2/h5,9-10,13-14,19H,1,6-8,11-12H2,2-4H3. The van der Waals surface area contributed by atoms with Crippen molar-refractivity contribution < 1.29 is 0 Å². The number of hydrogen-bond acceptors (Lipinski definition) is 2. The molecule has 0 aliphatic heterocycles. The highest BCUT2D eigenvalue weighted by molar-refractivity contribution is 9.10. The Bertz CT molecular complexity index is 417. The van der Waals surface area contributed by atoms with Crippen LogP contribution in [0.4, 0.5) is 5.69 Å². The van der Waals surface area contributed by atoms with Crippen molar-refractivity contribution in [1.82, 2.24) is 5.32 Å². The Labute approximate surface area is 132 Å². The van der Waals surface area contributed by atoms with Crippen molar-refractivity contribution in [3.05, 3.63) is 40.9 Å². The van der Waals surface area contributed by atoms with Crippen molar-refractivity contribution in [2.45, 2.75) is 39.2 Å². The number of rotatable bonds is 9. The first-order valence-electron chi connectivity index (χ1n) is 7.45. The first kappa shape index (κ1) is 17.3. The van der Waals surface area contributed by atoms with Gasteiger partial charge in [-0.05, 0) is 50.4 Å². The SMILES string of the molecule is C=CCCCN(C)c1cc(Br)ccc1C(C)NCCC. The van der Waals surface area contributed by atoms with E-state index in [1.807, 2.05) is 6.08 Å². The van der Waals surface area contributed by atoms with E-state index in [1.165, 1.54) is 11.3 Å². The predicted octanol–water partition coefficient (Wildman–Crippen LogP) is 4.91. The second kappa shape index (κ2) is 9.19. The van der Waals surface area contributed by atoms with Gasteiger partial charge in [-0.1, -0.05) is 35.0 Å². The third kappa shape index (κ3) is 5.29. The molecule has 1 atom stereocenters. The van der Waals surface area contributed by atoms with Crippen LogP contribution < -0.4 is 10.2 Å². The van der Waals surface area contributed by atoms with Gasteiger partial charge in [0.1, 0.15) is 0 Å².